The van der Waals surface area contributed by atoms with Crippen molar-refractivity contribution in [2.75, 3.05) is 12.4 Å². The lowest BCUT2D eigenvalue weighted by atomic mass is 9.68. The van der Waals surface area contributed by atoms with Crippen LogP contribution in [0.2, 0.25) is 0 Å². The molecular weight excluding hydrogens is 414 g/mol. The Hall–Kier alpha value is -3.15. The van der Waals surface area contributed by atoms with Gasteiger partial charge in [-0.15, -0.1) is 0 Å². The molecule has 6 nitrogen and oxygen atoms in total. The molecule has 1 heterocycles. The number of benzene rings is 1. The summed E-state index contributed by atoms with van der Waals surface area (Å²) in [6.07, 6.45) is 10.2. The Bertz CT molecular complexity index is 1190. The van der Waals surface area contributed by atoms with E-state index in [0.717, 1.165) is 41.4 Å². The van der Waals surface area contributed by atoms with Gasteiger partial charge in [0.15, 0.2) is 0 Å². The average Bonchev–Trinajstić information content (AvgIpc) is 2.77. The van der Waals surface area contributed by atoms with Crippen molar-refractivity contribution in [3.63, 3.8) is 0 Å². The Morgan fingerprint density at radius 1 is 1.24 bits per heavy atom. The molecule has 2 aromatic rings. The predicted molar refractivity (Wildman–Crippen MR) is 130 cm³/mol. The van der Waals surface area contributed by atoms with Crippen molar-refractivity contribution in [3.05, 3.63) is 63.6 Å². The highest BCUT2D eigenvalue weighted by Crippen LogP contribution is 2.44. The van der Waals surface area contributed by atoms with E-state index in [4.69, 9.17) is 14.7 Å². The molecule has 174 valence electrons. The Kier molecular flexibility index (Phi) is 6.54. The normalized spacial score (nSPS) is 26.8. The van der Waals surface area contributed by atoms with Gasteiger partial charge >= 0.3 is 5.97 Å². The van der Waals surface area contributed by atoms with Crippen molar-refractivity contribution < 1.29 is 14.6 Å². The molecule has 6 heteroatoms. The number of fused-ring (bicyclic) bond motifs is 1. The number of aliphatic carboxylic acids is 1. The molecule has 33 heavy (non-hydrogen) atoms. The summed E-state index contributed by atoms with van der Waals surface area (Å²) in [6, 6.07) is 8.57. The van der Waals surface area contributed by atoms with Gasteiger partial charge in [0.1, 0.15) is 17.4 Å². The van der Waals surface area contributed by atoms with Crippen molar-refractivity contribution in [1.29, 1.82) is 0 Å². The van der Waals surface area contributed by atoms with Crippen molar-refractivity contribution in [2.24, 2.45) is 11.3 Å². The minimum atomic E-state index is -0.687. The number of aryl methyl sites for hydroxylation is 2. The van der Waals surface area contributed by atoms with Gasteiger partial charge < -0.3 is 15.2 Å². The molecule has 0 saturated heterocycles. The van der Waals surface area contributed by atoms with Crippen LogP contribution in [-0.4, -0.2) is 28.2 Å². The quantitative estimate of drug-likeness (QED) is 0.720. The molecule has 0 aliphatic heterocycles. The van der Waals surface area contributed by atoms with Crippen molar-refractivity contribution >= 4 is 23.9 Å². The fourth-order valence-electron chi connectivity index (χ4n) is 5.00. The van der Waals surface area contributed by atoms with Gasteiger partial charge in [-0.3, -0.25) is 4.79 Å². The number of hydrogen-bond acceptors (Lipinski definition) is 5. The van der Waals surface area contributed by atoms with E-state index in [1.165, 1.54) is 11.1 Å². The van der Waals surface area contributed by atoms with Gasteiger partial charge in [0.25, 0.3) is 0 Å². The molecule has 0 amide bonds. The Labute approximate surface area is 195 Å². The summed E-state index contributed by atoms with van der Waals surface area (Å²) < 4.78 is 5.72. The first-order chi connectivity index (χ1) is 15.8. The van der Waals surface area contributed by atoms with Crippen LogP contribution >= 0.6 is 0 Å². The smallest absolute Gasteiger partial charge is 0.306 e. The van der Waals surface area contributed by atoms with Crippen LogP contribution in [-0.2, 0) is 9.53 Å². The first-order valence-electron chi connectivity index (χ1n) is 11.7. The Morgan fingerprint density at radius 3 is 2.67 bits per heavy atom. The van der Waals surface area contributed by atoms with Crippen LogP contribution < -0.4 is 15.9 Å². The average molecular weight is 448 g/mol. The molecule has 1 aromatic carbocycles. The van der Waals surface area contributed by atoms with Crippen LogP contribution in [0.25, 0.3) is 12.2 Å². The molecule has 0 radical (unpaired) electrons. The monoisotopic (exact) mass is 447 g/mol. The molecule has 1 unspecified atom stereocenters. The van der Waals surface area contributed by atoms with Gasteiger partial charge in [-0.1, -0.05) is 35.9 Å². The highest BCUT2D eigenvalue weighted by molar-refractivity contribution is 5.70. The highest BCUT2D eigenvalue weighted by atomic mass is 16.5. The van der Waals surface area contributed by atoms with Gasteiger partial charge in [0.2, 0.25) is 0 Å². The van der Waals surface area contributed by atoms with E-state index in [9.17, 15) is 9.90 Å². The van der Waals surface area contributed by atoms with E-state index in [0.29, 0.717) is 18.7 Å². The first kappa shape index (κ1) is 23.0. The van der Waals surface area contributed by atoms with Gasteiger partial charge in [-0.05, 0) is 69.9 Å². The molecule has 1 aromatic heterocycles. The van der Waals surface area contributed by atoms with E-state index < -0.39 is 5.97 Å². The Balaban J connectivity index is 1.73. The van der Waals surface area contributed by atoms with Crippen molar-refractivity contribution in [2.45, 2.75) is 58.9 Å². The maximum Gasteiger partial charge on any atom is 0.306 e. The third kappa shape index (κ3) is 5.10. The zero-order valence-corrected chi connectivity index (χ0v) is 19.9. The third-order valence-corrected chi connectivity index (χ3v) is 6.99. The summed E-state index contributed by atoms with van der Waals surface area (Å²) in [5.41, 5.74) is 2.32. The number of allylic oxidation sites excluding steroid dienone is 2. The number of carbonyl (C=O) groups is 1. The Morgan fingerprint density at radius 2 is 2.00 bits per heavy atom. The molecule has 2 aliphatic rings. The summed E-state index contributed by atoms with van der Waals surface area (Å²) in [5.74, 6) is 1.34. The van der Waals surface area contributed by atoms with E-state index in [1.807, 2.05) is 13.0 Å². The van der Waals surface area contributed by atoms with Gasteiger partial charge in [-0.25, -0.2) is 9.97 Å². The number of aromatic nitrogens is 2. The minimum Gasteiger partial charge on any atom is -0.497 e. The maximum absolute atomic E-state index is 11.5. The van der Waals surface area contributed by atoms with Gasteiger partial charge in [-0.2, -0.15) is 0 Å². The SMILES string of the molecule is COC1=C\C2(C/C=c3/c(NC(C)c4cccc(C)c4)nc(C)n/c3=C/1)CCC(C(=O)O)CC2. The number of rotatable bonds is 5. The number of methoxy groups -OCH3 is 1. The summed E-state index contributed by atoms with van der Waals surface area (Å²) >= 11 is 0. The summed E-state index contributed by atoms with van der Waals surface area (Å²) in [6.45, 7) is 6.14. The first-order valence-corrected chi connectivity index (χ1v) is 11.7. The number of hydrogen-bond donors (Lipinski definition) is 2. The van der Waals surface area contributed by atoms with Gasteiger partial charge in [0.05, 0.1) is 18.4 Å². The van der Waals surface area contributed by atoms with Gasteiger partial charge in [0, 0.05) is 17.3 Å². The molecule has 4 rings (SSSR count). The number of nitrogens with one attached hydrogen (secondary N) is 1. The summed E-state index contributed by atoms with van der Waals surface area (Å²) in [7, 11) is 1.68. The molecule has 2 aliphatic carbocycles. The fourth-order valence-corrected chi connectivity index (χ4v) is 5.00. The zero-order valence-electron chi connectivity index (χ0n) is 19.9. The van der Waals surface area contributed by atoms with E-state index >= 15 is 0 Å². The predicted octanol–water partition coefficient (Wildman–Crippen LogP) is 4.02. The molecule has 1 fully saturated rings. The third-order valence-electron chi connectivity index (χ3n) is 6.99. The lowest BCUT2D eigenvalue weighted by Crippen LogP contribution is -2.37. The van der Waals surface area contributed by atoms with Crippen LogP contribution in [0.3, 0.4) is 0 Å². The van der Waals surface area contributed by atoms with Crippen molar-refractivity contribution in [1.82, 2.24) is 9.97 Å². The van der Waals surface area contributed by atoms with Crippen LogP contribution in [0.4, 0.5) is 5.82 Å². The molecule has 0 bridgehead atoms. The van der Waals surface area contributed by atoms with Crippen LogP contribution in [0.15, 0.2) is 36.1 Å². The standard InChI is InChI=1S/C27H33N3O3/c1-17-6-5-7-21(14-17)18(2)28-25-23-10-13-27(11-8-20(9-12-27)26(31)32)16-22(33-4)15-24(23)29-19(3)30-25/h5-7,10,14-16,18,20H,8-9,11-13H2,1-4H3,(H,31,32)(H,28,29,30)/b22-16+,23-10+,24-15+. The second-order valence-electron chi connectivity index (χ2n) is 9.48. The molecular formula is C27H33N3O3. The number of ether oxygens (including phenoxy) is 1. The number of anilines is 1. The lowest BCUT2D eigenvalue weighted by molar-refractivity contribution is -0.143. The van der Waals surface area contributed by atoms with Crippen LogP contribution in [0.5, 0.6) is 0 Å². The number of carboxylic acid groups (broad SMARTS) is 1. The van der Waals surface area contributed by atoms with E-state index in [1.54, 1.807) is 7.11 Å². The second kappa shape index (κ2) is 9.38. The lowest BCUT2D eigenvalue weighted by Gasteiger charge is -2.37. The fraction of sp³-hybridized carbons (Fsp3) is 0.444. The summed E-state index contributed by atoms with van der Waals surface area (Å²) in [4.78, 5) is 20.9. The number of carboxylic acids is 1. The zero-order chi connectivity index (χ0) is 23.6. The second-order valence-corrected chi connectivity index (χ2v) is 9.48. The van der Waals surface area contributed by atoms with Crippen molar-refractivity contribution in [3.8, 4) is 0 Å². The maximum atomic E-state index is 11.5. The molecule has 1 saturated carbocycles. The topological polar surface area (TPSA) is 84.3 Å². The minimum absolute atomic E-state index is 0.0829. The van der Waals surface area contributed by atoms with Crippen LogP contribution in [0, 0.1) is 25.2 Å². The highest BCUT2D eigenvalue weighted by Gasteiger charge is 2.36. The molecule has 1 atom stereocenters. The van der Waals surface area contributed by atoms with E-state index in [-0.39, 0.29) is 17.4 Å². The number of nitrogens with zero attached hydrogens (tertiary/aromatic N) is 2. The van der Waals surface area contributed by atoms with E-state index in [2.05, 4.69) is 55.6 Å². The molecule has 1 spiro atoms. The van der Waals surface area contributed by atoms with Crippen LogP contribution in [0.1, 0.15) is 62.0 Å². The summed E-state index contributed by atoms with van der Waals surface area (Å²) in [5, 5.41) is 14.9. The largest absolute Gasteiger partial charge is 0.497 e. The molecule has 2 N–H and O–H groups in total.